The summed E-state index contributed by atoms with van der Waals surface area (Å²) < 4.78 is 7.18. The Kier molecular flexibility index (Phi) is 4.67. The number of ether oxygens (including phenoxy) is 1. The van der Waals surface area contributed by atoms with Crippen LogP contribution in [0.4, 0.5) is 10.5 Å². The van der Waals surface area contributed by atoms with Crippen molar-refractivity contribution in [3.05, 3.63) is 60.4 Å². The van der Waals surface area contributed by atoms with Crippen LogP contribution in [0.5, 0.6) is 5.75 Å². The summed E-state index contributed by atoms with van der Waals surface area (Å²) in [4.78, 5) is 12.0. The van der Waals surface area contributed by atoms with Crippen molar-refractivity contribution in [3.8, 4) is 17.0 Å². The van der Waals surface area contributed by atoms with Crippen LogP contribution in [0.2, 0.25) is 0 Å². The van der Waals surface area contributed by atoms with Crippen LogP contribution in [0.25, 0.3) is 22.2 Å². The predicted molar refractivity (Wildman–Crippen MR) is 107 cm³/mol. The van der Waals surface area contributed by atoms with Crippen LogP contribution in [0.1, 0.15) is 5.56 Å². The molecule has 0 unspecified atom stereocenters. The molecule has 0 aliphatic heterocycles. The van der Waals surface area contributed by atoms with Crippen molar-refractivity contribution < 1.29 is 9.53 Å². The van der Waals surface area contributed by atoms with E-state index in [1.807, 2.05) is 54.2 Å². The molecule has 2 aromatic carbocycles. The van der Waals surface area contributed by atoms with Crippen LogP contribution in [0, 0.1) is 0 Å². The van der Waals surface area contributed by atoms with Crippen LogP contribution in [-0.4, -0.2) is 33.1 Å². The summed E-state index contributed by atoms with van der Waals surface area (Å²) in [6.07, 6.45) is 3.41. The number of methoxy groups -OCH3 is 1. The molecular weight excluding hydrogens is 356 g/mol. The first-order valence-corrected chi connectivity index (χ1v) is 8.78. The lowest BCUT2D eigenvalue weighted by atomic mass is 10.1. The van der Waals surface area contributed by atoms with Gasteiger partial charge in [0.25, 0.3) is 0 Å². The van der Waals surface area contributed by atoms with Crippen molar-refractivity contribution in [3.63, 3.8) is 0 Å². The molecule has 8 nitrogen and oxygen atoms in total. The molecule has 0 atom stereocenters. The summed E-state index contributed by atoms with van der Waals surface area (Å²) in [5.41, 5.74) is 4.46. The maximum atomic E-state index is 12.0. The fraction of sp³-hybridized carbons (Fsp3) is 0.150. The summed E-state index contributed by atoms with van der Waals surface area (Å²) in [5.74, 6) is 0.786. The highest BCUT2D eigenvalue weighted by Crippen LogP contribution is 2.31. The SMILES string of the molecule is COc1ccc2c(c1)c(-c1ccc(NC(=O)NCc3cn[nH]c3)cc1)nn2C. The third-order valence-electron chi connectivity index (χ3n) is 4.48. The van der Waals surface area contributed by atoms with Crippen LogP contribution < -0.4 is 15.4 Å². The summed E-state index contributed by atoms with van der Waals surface area (Å²) in [6.45, 7) is 0.405. The molecule has 0 spiro atoms. The third kappa shape index (κ3) is 3.52. The lowest BCUT2D eigenvalue weighted by molar-refractivity contribution is 0.251. The number of aryl methyl sites for hydroxylation is 1. The van der Waals surface area contributed by atoms with Crippen molar-refractivity contribution >= 4 is 22.6 Å². The first kappa shape index (κ1) is 17.6. The van der Waals surface area contributed by atoms with E-state index in [4.69, 9.17) is 4.74 Å². The first-order chi connectivity index (χ1) is 13.6. The molecule has 0 aliphatic rings. The number of nitrogens with one attached hydrogen (secondary N) is 3. The lowest BCUT2D eigenvalue weighted by Crippen LogP contribution is -2.27. The number of hydrogen-bond acceptors (Lipinski definition) is 4. The first-order valence-electron chi connectivity index (χ1n) is 8.78. The zero-order chi connectivity index (χ0) is 19.5. The van der Waals surface area contributed by atoms with E-state index in [1.54, 1.807) is 19.5 Å². The fourth-order valence-corrected chi connectivity index (χ4v) is 3.03. The standard InChI is InChI=1S/C20H20N6O2/c1-26-18-8-7-16(28-2)9-17(18)19(25-26)14-3-5-15(6-4-14)24-20(27)21-10-13-11-22-23-12-13/h3-9,11-12H,10H2,1-2H3,(H,22,23)(H2,21,24,27). The monoisotopic (exact) mass is 376 g/mol. The Labute approximate surface area is 161 Å². The van der Waals surface area contributed by atoms with E-state index in [9.17, 15) is 4.79 Å². The Balaban J connectivity index is 1.50. The molecule has 0 fully saturated rings. The number of rotatable bonds is 5. The largest absolute Gasteiger partial charge is 0.497 e. The Morgan fingerprint density at radius 2 is 2.04 bits per heavy atom. The minimum Gasteiger partial charge on any atom is -0.497 e. The number of H-pyrrole nitrogens is 1. The Hall–Kier alpha value is -3.81. The van der Waals surface area contributed by atoms with E-state index in [2.05, 4.69) is 25.9 Å². The van der Waals surface area contributed by atoms with E-state index in [1.165, 1.54) is 0 Å². The highest BCUT2D eigenvalue weighted by atomic mass is 16.5. The number of hydrogen-bond donors (Lipinski definition) is 3. The van der Waals surface area contributed by atoms with Crippen molar-refractivity contribution in [2.75, 3.05) is 12.4 Å². The van der Waals surface area contributed by atoms with E-state index < -0.39 is 0 Å². The van der Waals surface area contributed by atoms with Gasteiger partial charge in [0.2, 0.25) is 0 Å². The van der Waals surface area contributed by atoms with Gasteiger partial charge in [0.1, 0.15) is 11.4 Å². The minimum absolute atomic E-state index is 0.276. The molecule has 2 amide bonds. The average Bonchev–Trinajstić information content (AvgIpc) is 3.35. The van der Waals surface area contributed by atoms with Gasteiger partial charge in [-0.05, 0) is 30.3 Å². The third-order valence-corrected chi connectivity index (χ3v) is 4.48. The van der Waals surface area contributed by atoms with E-state index in [0.29, 0.717) is 12.2 Å². The number of anilines is 1. The van der Waals surface area contributed by atoms with Gasteiger partial charge in [0.05, 0.1) is 18.8 Å². The second kappa shape index (κ2) is 7.43. The molecule has 142 valence electrons. The number of benzene rings is 2. The fourth-order valence-electron chi connectivity index (χ4n) is 3.03. The molecule has 2 heterocycles. The molecule has 0 saturated carbocycles. The van der Waals surface area contributed by atoms with E-state index in [0.717, 1.165) is 33.5 Å². The number of urea groups is 1. The van der Waals surface area contributed by atoms with Crippen molar-refractivity contribution in [1.29, 1.82) is 0 Å². The summed E-state index contributed by atoms with van der Waals surface area (Å²) in [5, 5.41) is 17.8. The van der Waals surface area contributed by atoms with Crippen LogP contribution in [0.3, 0.4) is 0 Å². The maximum absolute atomic E-state index is 12.0. The second-order valence-electron chi connectivity index (χ2n) is 6.35. The molecule has 4 rings (SSSR count). The topological polar surface area (TPSA) is 96.9 Å². The van der Waals surface area contributed by atoms with Crippen molar-refractivity contribution in [1.82, 2.24) is 25.3 Å². The number of nitrogens with zero attached hydrogens (tertiary/aromatic N) is 3. The number of carbonyl (C=O) groups excluding carboxylic acids is 1. The molecule has 0 bridgehead atoms. The highest BCUT2D eigenvalue weighted by Gasteiger charge is 2.12. The average molecular weight is 376 g/mol. The molecule has 0 aliphatic carbocycles. The van der Waals surface area contributed by atoms with Crippen LogP contribution in [0.15, 0.2) is 54.9 Å². The number of aromatic nitrogens is 4. The summed E-state index contributed by atoms with van der Waals surface area (Å²) in [7, 11) is 3.56. The van der Waals surface area contributed by atoms with Crippen molar-refractivity contribution in [2.45, 2.75) is 6.54 Å². The highest BCUT2D eigenvalue weighted by molar-refractivity contribution is 5.95. The molecule has 0 saturated heterocycles. The predicted octanol–water partition coefficient (Wildman–Crippen LogP) is 3.29. The van der Waals surface area contributed by atoms with Gasteiger partial charge in [0, 0.05) is 42.0 Å². The zero-order valence-corrected chi connectivity index (χ0v) is 15.6. The lowest BCUT2D eigenvalue weighted by Gasteiger charge is -2.07. The molecule has 3 N–H and O–H groups in total. The minimum atomic E-state index is -0.276. The van der Waals surface area contributed by atoms with Gasteiger partial charge in [-0.3, -0.25) is 9.78 Å². The molecule has 2 aromatic heterocycles. The van der Waals surface area contributed by atoms with Gasteiger partial charge in [-0.2, -0.15) is 10.2 Å². The van der Waals surface area contributed by atoms with Crippen LogP contribution in [-0.2, 0) is 13.6 Å². The number of aromatic amines is 1. The van der Waals surface area contributed by atoms with Gasteiger partial charge >= 0.3 is 6.03 Å². The number of fused-ring (bicyclic) bond motifs is 1. The van der Waals surface area contributed by atoms with E-state index in [-0.39, 0.29) is 6.03 Å². The Morgan fingerprint density at radius 3 is 2.75 bits per heavy atom. The quantitative estimate of drug-likeness (QED) is 0.498. The van der Waals surface area contributed by atoms with Crippen LogP contribution >= 0.6 is 0 Å². The number of carbonyl (C=O) groups is 1. The van der Waals surface area contributed by atoms with Gasteiger partial charge in [0.15, 0.2) is 0 Å². The van der Waals surface area contributed by atoms with Gasteiger partial charge in [-0.1, -0.05) is 12.1 Å². The zero-order valence-electron chi connectivity index (χ0n) is 15.6. The molecule has 8 heteroatoms. The van der Waals surface area contributed by atoms with E-state index >= 15 is 0 Å². The molecule has 0 radical (unpaired) electrons. The smallest absolute Gasteiger partial charge is 0.319 e. The molecule has 4 aromatic rings. The number of amides is 2. The normalized spacial score (nSPS) is 10.8. The van der Waals surface area contributed by atoms with Crippen molar-refractivity contribution in [2.24, 2.45) is 7.05 Å². The van der Waals surface area contributed by atoms with Gasteiger partial charge in [-0.15, -0.1) is 0 Å². The summed E-state index contributed by atoms with van der Waals surface area (Å²) in [6, 6.07) is 13.2. The van der Waals surface area contributed by atoms with Gasteiger partial charge < -0.3 is 15.4 Å². The maximum Gasteiger partial charge on any atom is 0.319 e. The second-order valence-corrected chi connectivity index (χ2v) is 6.35. The molecule has 28 heavy (non-hydrogen) atoms. The Morgan fingerprint density at radius 1 is 1.21 bits per heavy atom. The van der Waals surface area contributed by atoms with Gasteiger partial charge in [-0.25, -0.2) is 4.79 Å². The molecular formula is C20H20N6O2. The summed E-state index contributed by atoms with van der Waals surface area (Å²) >= 11 is 0. The Bertz CT molecular complexity index is 1100.